The highest BCUT2D eigenvalue weighted by Crippen LogP contribution is 2.30. The van der Waals surface area contributed by atoms with Crippen LogP contribution in [0.2, 0.25) is 0 Å². The monoisotopic (exact) mass is 452 g/mol. The summed E-state index contributed by atoms with van der Waals surface area (Å²) < 4.78 is 34.0. The maximum absolute atomic E-state index is 13.1. The number of halogens is 1. The van der Waals surface area contributed by atoms with E-state index in [0.29, 0.717) is 38.5 Å². The average Bonchev–Trinajstić information content (AvgIpc) is 2.69. The second kappa shape index (κ2) is 8.63. The van der Waals surface area contributed by atoms with Crippen LogP contribution in [0.15, 0.2) is 51.8 Å². The van der Waals surface area contributed by atoms with Crippen LogP contribution in [0.5, 0.6) is 5.75 Å². The third-order valence-electron chi connectivity index (χ3n) is 4.79. The summed E-state index contributed by atoms with van der Waals surface area (Å²) >= 11 is 3.40. The molecule has 1 aliphatic heterocycles. The molecular weight excluding hydrogens is 428 g/mol. The molecule has 5 nitrogen and oxygen atoms in total. The van der Waals surface area contributed by atoms with Crippen molar-refractivity contribution in [2.75, 3.05) is 37.7 Å². The fourth-order valence-corrected chi connectivity index (χ4v) is 5.15. The van der Waals surface area contributed by atoms with Gasteiger partial charge in [-0.05, 0) is 53.0 Å². The Morgan fingerprint density at radius 2 is 1.74 bits per heavy atom. The number of hydrogen-bond acceptors (Lipinski definition) is 4. The highest BCUT2D eigenvalue weighted by atomic mass is 79.9. The highest BCUT2D eigenvalue weighted by molar-refractivity contribution is 9.10. The Hall–Kier alpha value is -1.57. The van der Waals surface area contributed by atoms with Gasteiger partial charge in [0.1, 0.15) is 5.75 Å². The van der Waals surface area contributed by atoms with Gasteiger partial charge in [-0.3, -0.25) is 0 Å². The predicted octanol–water partition coefficient (Wildman–Crippen LogP) is 3.92. The van der Waals surface area contributed by atoms with Gasteiger partial charge in [0.05, 0.1) is 16.0 Å². The Kier molecular flexibility index (Phi) is 6.44. The molecule has 1 saturated heterocycles. The van der Waals surface area contributed by atoms with Gasteiger partial charge in [-0.1, -0.05) is 25.1 Å². The molecule has 0 amide bonds. The number of benzene rings is 2. The summed E-state index contributed by atoms with van der Waals surface area (Å²) in [5, 5.41) is 0. The summed E-state index contributed by atoms with van der Waals surface area (Å²) in [5.41, 5.74) is 2.50. The summed E-state index contributed by atoms with van der Waals surface area (Å²) in [4.78, 5) is 2.55. The van der Waals surface area contributed by atoms with E-state index < -0.39 is 10.0 Å². The second-order valence-electron chi connectivity index (χ2n) is 6.40. The van der Waals surface area contributed by atoms with Crippen molar-refractivity contribution in [2.24, 2.45) is 0 Å². The molecule has 0 aromatic heterocycles. The van der Waals surface area contributed by atoms with Crippen LogP contribution in [0.4, 0.5) is 5.69 Å². The van der Waals surface area contributed by atoms with Crippen molar-refractivity contribution in [3.63, 3.8) is 0 Å². The zero-order chi connectivity index (χ0) is 19.4. The first-order valence-electron chi connectivity index (χ1n) is 9.22. The smallest absolute Gasteiger partial charge is 0.243 e. The Morgan fingerprint density at radius 1 is 1.04 bits per heavy atom. The summed E-state index contributed by atoms with van der Waals surface area (Å²) in [7, 11) is -3.54. The number of rotatable bonds is 6. The molecule has 0 atom stereocenters. The van der Waals surface area contributed by atoms with E-state index >= 15 is 0 Å². The van der Waals surface area contributed by atoms with E-state index in [-0.39, 0.29) is 4.90 Å². The summed E-state index contributed by atoms with van der Waals surface area (Å²) in [6.45, 7) is 6.82. The van der Waals surface area contributed by atoms with Crippen molar-refractivity contribution in [3.05, 3.63) is 52.5 Å². The molecule has 2 aromatic rings. The molecule has 7 heteroatoms. The number of anilines is 1. The van der Waals surface area contributed by atoms with E-state index in [1.165, 1.54) is 11.3 Å². The molecule has 0 radical (unpaired) electrons. The molecule has 27 heavy (non-hydrogen) atoms. The number of aryl methyl sites for hydroxylation is 1. The van der Waals surface area contributed by atoms with Crippen molar-refractivity contribution < 1.29 is 13.2 Å². The molecule has 0 spiro atoms. The van der Waals surface area contributed by atoms with Crippen molar-refractivity contribution >= 4 is 31.6 Å². The van der Waals surface area contributed by atoms with E-state index in [1.807, 2.05) is 19.1 Å². The molecule has 1 fully saturated rings. The lowest BCUT2D eigenvalue weighted by Crippen LogP contribution is -2.48. The molecule has 2 aromatic carbocycles. The van der Waals surface area contributed by atoms with Crippen LogP contribution in [0.3, 0.4) is 0 Å². The molecule has 0 bridgehead atoms. The fraction of sp³-hybridized carbons (Fsp3) is 0.400. The van der Waals surface area contributed by atoms with Gasteiger partial charge in [-0.2, -0.15) is 4.31 Å². The first-order chi connectivity index (χ1) is 13.0. The Labute approximate surface area is 170 Å². The van der Waals surface area contributed by atoms with Gasteiger partial charge in [0, 0.05) is 37.9 Å². The highest BCUT2D eigenvalue weighted by Gasteiger charge is 2.29. The number of para-hydroxylation sites is 1. The van der Waals surface area contributed by atoms with Crippen molar-refractivity contribution in [1.82, 2.24) is 4.31 Å². The van der Waals surface area contributed by atoms with E-state index in [0.717, 1.165) is 10.9 Å². The minimum Gasteiger partial charge on any atom is -0.493 e. The lowest BCUT2D eigenvalue weighted by Gasteiger charge is -2.36. The number of ether oxygens (including phenoxy) is 1. The maximum Gasteiger partial charge on any atom is 0.243 e. The Bertz CT molecular complexity index is 894. The van der Waals surface area contributed by atoms with Gasteiger partial charge in [0.2, 0.25) is 10.0 Å². The fourth-order valence-electron chi connectivity index (χ4n) is 3.35. The predicted molar refractivity (Wildman–Crippen MR) is 112 cm³/mol. The zero-order valence-corrected chi connectivity index (χ0v) is 18.1. The zero-order valence-electron chi connectivity index (χ0n) is 15.7. The third kappa shape index (κ3) is 4.31. The van der Waals surface area contributed by atoms with Crippen LogP contribution in [0.1, 0.15) is 19.4 Å². The van der Waals surface area contributed by atoms with Gasteiger partial charge in [0.15, 0.2) is 0 Å². The summed E-state index contributed by atoms with van der Waals surface area (Å²) in [6.07, 6.45) is 0.966. The summed E-state index contributed by atoms with van der Waals surface area (Å²) in [5.74, 6) is 0.550. The van der Waals surface area contributed by atoms with E-state index in [1.54, 1.807) is 22.5 Å². The van der Waals surface area contributed by atoms with Crippen LogP contribution in [0, 0.1) is 0 Å². The molecule has 0 N–H and O–H groups in total. The Balaban J connectivity index is 1.76. The number of hydrogen-bond donors (Lipinski definition) is 0. The SMILES string of the molecule is CCOc1cc(S(=O)(=O)N2CCN(c3ccccc3CC)CC2)ccc1Br. The standard InChI is InChI=1S/C20H25BrN2O3S/c1-3-16-7-5-6-8-19(16)22-11-13-23(14-12-22)27(24,25)17-9-10-18(21)20(15-17)26-4-2/h5-10,15H,3-4,11-14H2,1-2H3. The summed E-state index contributed by atoms with van der Waals surface area (Å²) in [6, 6.07) is 13.3. The first kappa shape index (κ1) is 20.2. The number of piperazine rings is 1. The lowest BCUT2D eigenvalue weighted by atomic mass is 10.1. The van der Waals surface area contributed by atoms with Crippen LogP contribution >= 0.6 is 15.9 Å². The molecule has 1 heterocycles. The molecule has 0 unspecified atom stereocenters. The van der Waals surface area contributed by atoms with Crippen LogP contribution in [-0.2, 0) is 16.4 Å². The second-order valence-corrected chi connectivity index (χ2v) is 9.19. The van der Waals surface area contributed by atoms with Crippen molar-refractivity contribution in [1.29, 1.82) is 0 Å². The van der Waals surface area contributed by atoms with E-state index in [2.05, 4.69) is 39.9 Å². The van der Waals surface area contributed by atoms with Crippen LogP contribution < -0.4 is 9.64 Å². The van der Waals surface area contributed by atoms with E-state index in [4.69, 9.17) is 4.74 Å². The number of sulfonamides is 1. The topological polar surface area (TPSA) is 49.9 Å². The third-order valence-corrected chi connectivity index (χ3v) is 7.34. The molecule has 1 aliphatic rings. The number of nitrogens with zero attached hydrogens (tertiary/aromatic N) is 2. The van der Waals surface area contributed by atoms with Crippen molar-refractivity contribution in [3.8, 4) is 5.75 Å². The van der Waals surface area contributed by atoms with E-state index in [9.17, 15) is 8.42 Å². The van der Waals surface area contributed by atoms with Gasteiger partial charge >= 0.3 is 0 Å². The van der Waals surface area contributed by atoms with Gasteiger partial charge in [0.25, 0.3) is 0 Å². The van der Waals surface area contributed by atoms with Gasteiger partial charge in [-0.15, -0.1) is 0 Å². The molecule has 0 aliphatic carbocycles. The quantitative estimate of drug-likeness (QED) is 0.666. The maximum atomic E-state index is 13.1. The average molecular weight is 453 g/mol. The largest absolute Gasteiger partial charge is 0.493 e. The van der Waals surface area contributed by atoms with Gasteiger partial charge < -0.3 is 9.64 Å². The molecule has 3 rings (SSSR count). The molecule has 146 valence electrons. The molecule has 0 saturated carbocycles. The van der Waals surface area contributed by atoms with Crippen molar-refractivity contribution in [2.45, 2.75) is 25.2 Å². The Morgan fingerprint density at radius 3 is 2.41 bits per heavy atom. The minimum absolute atomic E-state index is 0.275. The normalized spacial score (nSPS) is 15.7. The minimum atomic E-state index is -3.54. The van der Waals surface area contributed by atoms with Crippen LogP contribution in [-0.4, -0.2) is 45.5 Å². The molecular formula is C20H25BrN2O3S. The lowest BCUT2D eigenvalue weighted by molar-refractivity contribution is 0.336. The van der Waals surface area contributed by atoms with Gasteiger partial charge in [-0.25, -0.2) is 8.42 Å². The van der Waals surface area contributed by atoms with Crippen LogP contribution in [0.25, 0.3) is 0 Å². The first-order valence-corrected chi connectivity index (χ1v) is 11.5.